The maximum absolute atomic E-state index is 8.85. The second-order valence-electron chi connectivity index (χ2n) is 4.85. The van der Waals surface area contributed by atoms with Crippen LogP contribution >= 0.6 is 0 Å². The molecule has 2 aromatic rings. The van der Waals surface area contributed by atoms with Gasteiger partial charge in [0.15, 0.2) is 0 Å². The lowest BCUT2D eigenvalue weighted by molar-refractivity contribution is 0.675. The van der Waals surface area contributed by atoms with Gasteiger partial charge >= 0.3 is 0 Å². The van der Waals surface area contributed by atoms with E-state index in [2.05, 4.69) is 16.0 Å². The third-order valence-electron chi connectivity index (χ3n) is 3.42. The quantitative estimate of drug-likeness (QED) is 0.878. The number of hydrogen-bond donors (Lipinski definition) is 1. The van der Waals surface area contributed by atoms with Crippen LogP contribution in [0.4, 0.5) is 11.4 Å². The molecule has 0 bridgehead atoms. The first-order valence-corrected chi connectivity index (χ1v) is 7.17. The molecule has 1 aromatic heterocycles. The zero-order valence-electron chi connectivity index (χ0n) is 12.2. The average molecular weight is 280 g/mol. The molecule has 0 fully saturated rings. The second-order valence-corrected chi connectivity index (χ2v) is 4.85. The Morgan fingerprint density at radius 2 is 1.95 bits per heavy atom. The molecule has 0 radical (unpaired) electrons. The normalized spacial score (nSPS) is 11.7. The van der Waals surface area contributed by atoms with Crippen LogP contribution in [0.25, 0.3) is 0 Å². The van der Waals surface area contributed by atoms with Crippen LogP contribution in [-0.2, 0) is 0 Å². The van der Waals surface area contributed by atoms with Crippen LogP contribution < -0.4 is 10.6 Å². The predicted molar refractivity (Wildman–Crippen MR) is 85.1 cm³/mol. The van der Waals surface area contributed by atoms with Gasteiger partial charge in [0.2, 0.25) is 0 Å². The lowest BCUT2D eigenvalue weighted by atomic mass is 10.1. The Hall–Kier alpha value is -2.38. The molecule has 1 atom stereocenters. The highest BCUT2D eigenvalue weighted by molar-refractivity contribution is 5.62. The van der Waals surface area contributed by atoms with Gasteiger partial charge in [-0.05, 0) is 30.7 Å². The number of pyridine rings is 1. The highest BCUT2D eigenvalue weighted by atomic mass is 15.1. The minimum absolute atomic E-state index is 0.0247. The summed E-state index contributed by atoms with van der Waals surface area (Å²) in [5.74, 6) is 0. The first-order valence-electron chi connectivity index (χ1n) is 7.17. The topological polar surface area (TPSA) is 65.9 Å². The Kier molecular flexibility index (Phi) is 5.30. The van der Waals surface area contributed by atoms with Gasteiger partial charge in [-0.3, -0.25) is 4.98 Å². The Labute approximate surface area is 125 Å². The molecule has 0 aliphatic carbocycles. The van der Waals surface area contributed by atoms with Crippen LogP contribution in [0.2, 0.25) is 0 Å². The van der Waals surface area contributed by atoms with E-state index >= 15 is 0 Å². The summed E-state index contributed by atoms with van der Waals surface area (Å²) in [4.78, 5) is 6.55. The minimum atomic E-state index is -0.0247. The summed E-state index contributed by atoms with van der Waals surface area (Å²) in [7, 11) is 0. The van der Waals surface area contributed by atoms with Crippen molar-refractivity contribution in [3.63, 3.8) is 0 Å². The first-order chi connectivity index (χ1) is 10.3. The summed E-state index contributed by atoms with van der Waals surface area (Å²) in [5, 5.41) is 8.85. The SMILES string of the molecule is CCC(N)c1ccc(N(CCC#N)c2ccccc2)cn1. The molecule has 1 unspecified atom stereocenters. The van der Waals surface area contributed by atoms with Gasteiger partial charge < -0.3 is 10.6 Å². The van der Waals surface area contributed by atoms with E-state index in [4.69, 9.17) is 11.0 Å². The van der Waals surface area contributed by atoms with E-state index in [-0.39, 0.29) is 6.04 Å². The fourth-order valence-corrected chi connectivity index (χ4v) is 2.16. The molecule has 2 N–H and O–H groups in total. The number of benzene rings is 1. The lowest BCUT2D eigenvalue weighted by Gasteiger charge is -2.24. The van der Waals surface area contributed by atoms with Gasteiger partial charge in [-0.1, -0.05) is 25.1 Å². The monoisotopic (exact) mass is 280 g/mol. The van der Waals surface area contributed by atoms with Gasteiger partial charge in [-0.25, -0.2) is 0 Å². The second kappa shape index (κ2) is 7.41. The fraction of sp³-hybridized carbons (Fsp3) is 0.294. The van der Waals surface area contributed by atoms with Crippen molar-refractivity contribution in [2.45, 2.75) is 25.8 Å². The van der Waals surface area contributed by atoms with Gasteiger partial charge in [0.25, 0.3) is 0 Å². The van der Waals surface area contributed by atoms with E-state index < -0.39 is 0 Å². The number of nitriles is 1. The molecule has 0 saturated heterocycles. The van der Waals surface area contributed by atoms with Crippen LogP contribution in [0.15, 0.2) is 48.7 Å². The third kappa shape index (κ3) is 3.80. The van der Waals surface area contributed by atoms with Gasteiger partial charge in [-0.15, -0.1) is 0 Å². The maximum atomic E-state index is 8.85. The summed E-state index contributed by atoms with van der Waals surface area (Å²) >= 11 is 0. The first kappa shape index (κ1) is 15.0. The number of aromatic nitrogens is 1. The number of anilines is 2. The van der Waals surface area contributed by atoms with Crippen molar-refractivity contribution in [3.8, 4) is 6.07 Å². The number of hydrogen-bond acceptors (Lipinski definition) is 4. The Morgan fingerprint density at radius 3 is 2.52 bits per heavy atom. The van der Waals surface area contributed by atoms with Crippen molar-refractivity contribution < 1.29 is 0 Å². The summed E-state index contributed by atoms with van der Waals surface area (Å²) in [5.41, 5.74) is 8.92. The molecule has 1 aromatic carbocycles. The van der Waals surface area contributed by atoms with Crippen molar-refractivity contribution in [3.05, 3.63) is 54.4 Å². The zero-order valence-corrected chi connectivity index (χ0v) is 12.2. The van der Waals surface area contributed by atoms with Crippen LogP contribution in [-0.4, -0.2) is 11.5 Å². The number of rotatable bonds is 6. The van der Waals surface area contributed by atoms with Crippen molar-refractivity contribution >= 4 is 11.4 Å². The molecule has 1 heterocycles. The van der Waals surface area contributed by atoms with E-state index in [9.17, 15) is 0 Å². The Morgan fingerprint density at radius 1 is 1.19 bits per heavy atom. The average Bonchev–Trinajstić information content (AvgIpc) is 2.56. The molecule has 0 amide bonds. The van der Waals surface area contributed by atoms with E-state index in [1.54, 1.807) is 0 Å². The Bertz CT molecular complexity index is 586. The smallest absolute Gasteiger partial charge is 0.0640 e. The predicted octanol–water partition coefficient (Wildman–Crippen LogP) is 3.54. The maximum Gasteiger partial charge on any atom is 0.0640 e. The molecule has 4 nitrogen and oxygen atoms in total. The summed E-state index contributed by atoms with van der Waals surface area (Å²) in [6.07, 6.45) is 3.16. The zero-order chi connectivity index (χ0) is 15.1. The number of para-hydroxylation sites is 1. The summed E-state index contributed by atoms with van der Waals surface area (Å²) in [6, 6.07) is 16.2. The van der Waals surface area contributed by atoms with Crippen molar-refractivity contribution in [2.75, 3.05) is 11.4 Å². The number of nitrogens with zero attached hydrogens (tertiary/aromatic N) is 3. The molecule has 0 saturated carbocycles. The summed E-state index contributed by atoms with van der Waals surface area (Å²) < 4.78 is 0. The van der Waals surface area contributed by atoms with Gasteiger partial charge in [0, 0.05) is 18.3 Å². The molecular formula is C17H20N4. The third-order valence-corrected chi connectivity index (χ3v) is 3.42. The molecule has 0 spiro atoms. The van der Waals surface area contributed by atoms with E-state index in [1.165, 1.54) is 0 Å². The van der Waals surface area contributed by atoms with Crippen LogP contribution in [0.1, 0.15) is 31.5 Å². The fourth-order valence-electron chi connectivity index (χ4n) is 2.16. The van der Waals surface area contributed by atoms with Crippen molar-refractivity contribution in [1.29, 1.82) is 5.26 Å². The van der Waals surface area contributed by atoms with Crippen molar-refractivity contribution in [1.82, 2.24) is 4.98 Å². The van der Waals surface area contributed by atoms with E-state index in [0.717, 1.165) is 23.5 Å². The van der Waals surface area contributed by atoms with Gasteiger partial charge in [0.1, 0.15) is 0 Å². The largest absolute Gasteiger partial charge is 0.339 e. The highest BCUT2D eigenvalue weighted by Gasteiger charge is 2.11. The summed E-state index contributed by atoms with van der Waals surface area (Å²) in [6.45, 7) is 2.69. The molecule has 2 rings (SSSR count). The van der Waals surface area contributed by atoms with Gasteiger partial charge in [0.05, 0.1) is 30.1 Å². The molecule has 0 aliphatic rings. The molecule has 4 heteroatoms. The molecular weight excluding hydrogens is 260 g/mol. The molecule has 108 valence electrons. The van der Waals surface area contributed by atoms with Crippen LogP contribution in [0.5, 0.6) is 0 Å². The molecule has 21 heavy (non-hydrogen) atoms. The number of nitrogens with two attached hydrogens (primary N) is 1. The standard InChI is InChI=1S/C17H20N4/c1-2-16(19)17-10-9-15(13-20-17)21(12-6-11-18)14-7-4-3-5-8-14/h3-5,7-10,13,16H,2,6,12,19H2,1H3. The van der Waals surface area contributed by atoms with Crippen LogP contribution in [0, 0.1) is 11.3 Å². The molecule has 0 aliphatic heterocycles. The van der Waals surface area contributed by atoms with Gasteiger partial charge in [-0.2, -0.15) is 5.26 Å². The Balaban J connectivity index is 2.27. The highest BCUT2D eigenvalue weighted by Crippen LogP contribution is 2.25. The minimum Gasteiger partial charge on any atom is -0.339 e. The van der Waals surface area contributed by atoms with E-state index in [0.29, 0.717) is 13.0 Å². The van der Waals surface area contributed by atoms with E-state index in [1.807, 2.05) is 55.6 Å². The van der Waals surface area contributed by atoms with Crippen LogP contribution in [0.3, 0.4) is 0 Å². The lowest BCUT2D eigenvalue weighted by Crippen LogP contribution is -2.19. The van der Waals surface area contributed by atoms with Crippen molar-refractivity contribution in [2.24, 2.45) is 5.73 Å².